The summed E-state index contributed by atoms with van der Waals surface area (Å²) in [5.41, 5.74) is 17.6. The van der Waals surface area contributed by atoms with Gasteiger partial charge in [-0.25, -0.2) is 4.98 Å². The lowest BCUT2D eigenvalue weighted by Gasteiger charge is -2.33. The first-order valence-corrected chi connectivity index (χ1v) is 21.8. The summed E-state index contributed by atoms with van der Waals surface area (Å²) < 4.78 is 12.7. The predicted molar refractivity (Wildman–Crippen MR) is 255 cm³/mol. The van der Waals surface area contributed by atoms with E-state index in [9.17, 15) is 0 Å². The predicted octanol–water partition coefficient (Wildman–Crippen LogP) is 14.3. The zero-order valence-electron chi connectivity index (χ0n) is 36.5. The molecule has 0 aliphatic carbocycles. The van der Waals surface area contributed by atoms with Crippen LogP contribution in [0.25, 0.3) is 83.9 Å². The van der Waals surface area contributed by atoms with Crippen LogP contribution in [-0.2, 0) is 16.6 Å². The van der Waals surface area contributed by atoms with E-state index in [4.69, 9.17) is 9.72 Å². The van der Waals surface area contributed by atoms with E-state index >= 15 is 0 Å². The third-order valence-corrected chi connectivity index (χ3v) is 13.0. The molecule has 0 amide bonds. The molecule has 9 aromatic rings. The van der Waals surface area contributed by atoms with E-state index in [-0.39, 0.29) is 10.8 Å². The fraction of sp³-hybridized carbons (Fsp3) is 0.172. The highest BCUT2D eigenvalue weighted by Crippen LogP contribution is 2.53. The van der Waals surface area contributed by atoms with Crippen molar-refractivity contribution in [2.24, 2.45) is 0 Å². The van der Waals surface area contributed by atoms with Crippen LogP contribution in [0.3, 0.4) is 0 Å². The van der Waals surface area contributed by atoms with Gasteiger partial charge >= 0.3 is 5.72 Å². The number of ether oxygens (including phenoxy) is 1. The first-order chi connectivity index (χ1) is 29.9. The number of benzene rings is 7. The number of fused-ring (bicyclic) bond motifs is 7. The molecule has 1 atom stereocenters. The van der Waals surface area contributed by atoms with Crippen molar-refractivity contribution in [3.8, 4) is 78.6 Å². The minimum absolute atomic E-state index is 0.148. The van der Waals surface area contributed by atoms with Crippen molar-refractivity contribution in [2.45, 2.75) is 65.0 Å². The molecule has 0 fully saturated rings. The molecular weight excluding hydrogens is 755 g/mol. The molecule has 62 heavy (non-hydrogen) atoms. The minimum atomic E-state index is -0.911. The van der Waals surface area contributed by atoms with E-state index in [1.807, 2.05) is 0 Å². The summed E-state index contributed by atoms with van der Waals surface area (Å²) >= 11 is 0. The Labute approximate surface area is 364 Å². The molecule has 2 aliphatic heterocycles. The van der Waals surface area contributed by atoms with Gasteiger partial charge in [-0.2, -0.15) is 4.57 Å². The highest BCUT2D eigenvalue weighted by Gasteiger charge is 2.53. The normalized spacial score (nSPS) is 15.2. The summed E-state index contributed by atoms with van der Waals surface area (Å²) in [6, 6.07) is 61.8. The van der Waals surface area contributed by atoms with Crippen LogP contribution in [0.2, 0.25) is 0 Å². The lowest BCUT2D eigenvalue weighted by molar-refractivity contribution is -0.769. The SMILES string of the molecule is CC(C)(C)c1cc2c(c(C(C)(C)C)c1)OC1(C)c3c(cc(-c4ccccc4)cc3-c3cccc[n+]31)-c1cccc3c1nc-2n3-c1ccc(-c2ccccc2)cc1-c1ccccc1. The second-order valence-corrected chi connectivity index (χ2v) is 19.2. The lowest BCUT2D eigenvalue weighted by atomic mass is 9.78. The molecular formula is C58H50N3O+. The number of hydrogen-bond donors (Lipinski definition) is 0. The summed E-state index contributed by atoms with van der Waals surface area (Å²) in [5, 5.41) is 0. The van der Waals surface area contributed by atoms with Gasteiger partial charge in [0.15, 0.2) is 6.20 Å². The van der Waals surface area contributed by atoms with Gasteiger partial charge in [0.25, 0.3) is 0 Å². The largest absolute Gasteiger partial charge is 0.427 e. The van der Waals surface area contributed by atoms with E-state index in [1.165, 1.54) is 16.7 Å². The van der Waals surface area contributed by atoms with Crippen LogP contribution in [0, 0.1) is 0 Å². The van der Waals surface area contributed by atoms with Crippen LogP contribution in [0.4, 0.5) is 0 Å². The zero-order chi connectivity index (χ0) is 42.5. The standard InChI is InChI=1S/C58H50N3O/c1-56(2,3)42-35-47-54(48(36-42)57(4,5)6)62-58(7)52-45(33-41(38-22-13-9-14-23-38)34-46(52)49-27-17-18-31-60(49)58)43-26-19-28-51-53(43)59-55(47)61(51)50-30-29-40(37-20-11-8-12-21-37)32-44(50)39-24-15-10-16-25-39/h8-36H,1-7H3/q+1. The summed E-state index contributed by atoms with van der Waals surface area (Å²) in [6.45, 7) is 16.1. The highest BCUT2D eigenvalue weighted by atomic mass is 16.5. The van der Waals surface area contributed by atoms with E-state index in [2.05, 4.69) is 234 Å². The van der Waals surface area contributed by atoms with Crippen molar-refractivity contribution in [2.75, 3.05) is 0 Å². The number of imidazole rings is 1. The second kappa shape index (κ2) is 13.7. The summed E-state index contributed by atoms with van der Waals surface area (Å²) in [5.74, 6) is 1.70. The maximum absolute atomic E-state index is 7.95. The van der Waals surface area contributed by atoms with Gasteiger partial charge in [-0.3, -0.25) is 4.57 Å². The van der Waals surface area contributed by atoms with Gasteiger partial charge in [-0.1, -0.05) is 157 Å². The minimum Gasteiger partial charge on any atom is -0.427 e. The Morgan fingerprint density at radius 2 is 1.15 bits per heavy atom. The van der Waals surface area contributed by atoms with E-state index in [0.29, 0.717) is 0 Å². The Kier molecular flexibility index (Phi) is 8.40. The van der Waals surface area contributed by atoms with E-state index in [0.717, 1.165) is 89.6 Å². The molecule has 4 heteroatoms. The average Bonchev–Trinajstić information content (AvgIpc) is 3.79. The monoisotopic (exact) mass is 804 g/mol. The summed E-state index contributed by atoms with van der Waals surface area (Å²) in [7, 11) is 0. The molecule has 0 N–H and O–H groups in total. The zero-order valence-corrected chi connectivity index (χ0v) is 36.5. The van der Waals surface area contributed by atoms with Crippen molar-refractivity contribution in [3.05, 3.63) is 193 Å². The molecule has 0 radical (unpaired) electrons. The summed E-state index contributed by atoms with van der Waals surface area (Å²) in [6.07, 6.45) is 2.19. The van der Waals surface area contributed by atoms with Crippen molar-refractivity contribution < 1.29 is 9.30 Å². The molecule has 11 rings (SSSR count). The number of para-hydroxylation sites is 1. The molecule has 2 bridgehead atoms. The molecule has 2 aromatic heterocycles. The maximum atomic E-state index is 7.95. The number of aromatic nitrogens is 3. The van der Waals surface area contributed by atoms with Gasteiger partial charge in [-0.05, 0) is 92.2 Å². The van der Waals surface area contributed by atoms with Crippen LogP contribution in [0.5, 0.6) is 5.75 Å². The number of pyridine rings is 1. The topological polar surface area (TPSA) is 30.9 Å². The Morgan fingerprint density at radius 3 is 1.82 bits per heavy atom. The van der Waals surface area contributed by atoms with Crippen molar-refractivity contribution >= 4 is 11.0 Å². The Balaban J connectivity index is 1.33. The van der Waals surface area contributed by atoms with Crippen molar-refractivity contribution in [1.29, 1.82) is 0 Å². The molecule has 7 aromatic carbocycles. The molecule has 2 aliphatic rings. The number of hydrogen-bond acceptors (Lipinski definition) is 2. The number of rotatable bonds is 4. The molecule has 4 heterocycles. The first kappa shape index (κ1) is 37.9. The van der Waals surface area contributed by atoms with Crippen LogP contribution in [0.15, 0.2) is 176 Å². The Morgan fingerprint density at radius 1 is 0.516 bits per heavy atom. The van der Waals surface area contributed by atoms with Crippen molar-refractivity contribution in [1.82, 2.24) is 9.55 Å². The smallest absolute Gasteiger partial charge is 0.337 e. The summed E-state index contributed by atoms with van der Waals surface area (Å²) in [4.78, 5) is 5.86. The number of nitrogens with zero attached hydrogens (tertiary/aromatic N) is 3. The fourth-order valence-electron chi connectivity index (χ4n) is 9.83. The van der Waals surface area contributed by atoms with Gasteiger partial charge in [0.05, 0.1) is 33.4 Å². The molecule has 0 saturated heterocycles. The van der Waals surface area contributed by atoms with Crippen LogP contribution < -0.4 is 9.30 Å². The van der Waals surface area contributed by atoms with Gasteiger partial charge in [0.1, 0.15) is 11.6 Å². The average molecular weight is 805 g/mol. The van der Waals surface area contributed by atoms with Crippen LogP contribution in [0.1, 0.15) is 65.2 Å². The van der Waals surface area contributed by atoms with E-state index < -0.39 is 5.72 Å². The molecule has 0 spiro atoms. The molecule has 4 nitrogen and oxygen atoms in total. The fourth-order valence-corrected chi connectivity index (χ4v) is 9.83. The highest BCUT2D eigenvalue weighted by molar-refractivity contribution is 6.00. The Hall–Kier alpha value is -7.04. The third kappa shape index (κ3) is 5.88. The van der Waals surface area contributed by atoms with Gasteiger partial charge < -0.3 is 4.74 Å². The van der Waals surface area contributed by atoms with E-state index in [1.54, 1.807) is 0 Å². The Bertz CT molecular complexity index is 3220. The van der Waals surface area contributed by atoms with Crippen molar-refractivity contribution in [3.63, 3.8) is 0 Å². The third-order valence-electron chi connectivity index (χ3n) is 13.0. The first-order valence-electron chi connectivity index (χ1n) is 21.8. The van der Waals surface area contributed by atoms with Gasteiger partial charge in [-0.15, -0.1) is 0 Å². The molecule has 1 unspecified atom stereocenters. The van der Waals surface area contributed by atoms with Crippen LogP contribution >= 0.6 is 0 Å². The second-order valence-electron chi connectivity index (χ2n) is 19.2. The molecule has 0 saturated carbocycles. The lowest BCUT2D eigenvalue weighted by Crippen LogP contribution is -2.56. The maximum Gasteiger partial charge on any atom is 0.337 e. The van der Waals surface area contributed by atoms with Crippen LogP contribution in [-0.4, -0.2) is 9.55 Å². The van der Waals surface area contributed by atoms with Gasteiger partial charge in [0, 0.05) is 35.7 Å². The molecule has 302 valence electrons. The quantitative estimate of drug-likeness (QED) is 0.166. The van der Waals surface area contributed by atoms with Gasteiger partial charge in [0.2, 0.25) is 5.69 Å².